The lowest BCUT2D eigenvalue weighted by molar-refractivity contribution is -0.123. The molecule has 4 N–H and O–H groups in total. The van der Waals surface area contributed by atoms with Crippen LogP contribution in [0, 0.1) is 6.92 Å². The number of hydrogen-bond acceptors (Lipinski definition) is 5. The van der Waals surface area contributed by atoms with Crippen LogP contribution in [-0.2, 0) is 4.79 Å². The van der Waals surface area contributed by atoms with Gasteiger partial charge in [0.2, 0.25) is 5.91 Å². The predicted octanol–water partition coefficient (Wildman–Crippen LogP) is 2.03. The van der Waals surface area contributed by atoms with Crippen LogP contribution in [0.25, 0.3) is 0 Å². The van der Waals surface area contributed by atoms with Crippen molar-refractivity contribution in [3.63, 3.8) is 0 Å². The Morgan fingerprint density at radius 3 is 2.56 bits per heavy atom. The first-order chi connectivity index (χ1) is 13.0. The van der Waals surface area contributed by atoms with Crippen molar-refractivity contribution in [1.29, 1.82) is 0 Å². The van der Waals surface area contributed by atoms with E-state index in [9.17, 15) is 9.90 Å². The van der Waals surface area contributed by atoms with Crippen LogP contribution in [0.15, 0.2) is 48.5 Å². The lowest BCUT2D eigenvalue weighted by Crippen LogP contribution is -2.45. The monoisotopic (exact) mass is 368 g/mol. The highest BCUT2D eigenvalue weighted by atomic mass is 16.3. The van der Waals surface area contributed by atoms with Crippen LogP contribution in [0.3, 0.4) is 0 Å². The third-order valence-corrected chi connectivity index (χ3v) is 5.16. The van der Waals surface area contributed by atoms with Crippen molar-refractivity contribution in [2.24, 2.45) is 0 Å². The highest BCUT2D eigenvalue weighted by Crippen LogP contribution is 2.24. The number of benzene rings is 2. The molecule has 0 spiro atoms. The van der Waals surface area contributed by atoms with E-state index in [1.165, 1.54) is 11.1 Å². The molecule has 0 aliphatic carbocycles. The summed E-state index contributed by atoms with van der Waals surface area (Å²) in [6.07, 6.45) is 0.660. The molecule has 1 aliphatic heterocycles. The summed E-state index contributed by atoms with van der Waals surface area (Å²) in [5.74, 6) is 0.231. The lowest BCUT2D eigenvalue weighted by atomic mass is 9.99. The van der Waals surface area contributed by atoms with Gasteiger partial charge in [-0.2, -0.15) is 0 Å². The van der Waals surface area contributed by atoms with Gasteiger partial charge in [-0.25, -0.2) is 10.9 Å². The molecule has 1 heterocycles. The molecule has 3 unspecified atom stereocenters. The molecule has 1 amide bonds. The fourth-order valence-electron chi connectivity index (χ4n) is 3.51. The average Bonchev–Trinajstić information content (AvgIpc) is 3.14. The number of hydrogen-bond donors (Lipinski definition) is 4. The quantitative estimate of drug-likeness (QED) is 0.628. The Balaban J connectivity index is 1.58. The van der Waals surface area contributed by atoms with Gasteiger partial charge in [0, 0.05) is 12.6 Å². The molecular weight excluding hydrogens is 340 g/mol. The number of aromatic hydroxyl groups is 1. The Hall–Kier alpha value is -2.41. The molecule has 1 fully saturated rings. The van der Waals surface area contributed by atoms with E-state index in [0.29, 0.717) is 13.0 Å². The minimum atomic E-state index is -0.288. The second kappa shape index (κ2) is 8.52. The van der Waals surface area contributed by atoms with Crippen LogP contribution in [0.5, 0.6) is 5.75 Å². The van der Waals surface area contributed by atoms with Crippen LogP contribution in [0.4, 0.5) is 0 Å². The molecule has 1 saturated heterocycles. The summed E-state index contributed by atoms with van der Waals surface area (Å²) < 4.78 is 0. The molecule has 27 heavy (non-hydrogen) atoms. The topological polar surface area (TPSA) is 76.6 Å². The van der Waals surface area contributed by atoms with Gasteiger partial charge in [-0.1, -0.05) is 36.4 Å². The van der Waals surface area contributed by atoms with Crippen molar-refractivity contribution in [3.8, 4) is 5.75 Å². The molecule has 0 aromatic heterocycles. The van der Waals surface area contributed by atoms with Gasteiger partial charge in [0.25, 0.3) is 0 Å². The number of aryl methyl sites for hydroxylation is 1. The number of carbonyl (C=O) groups excluding carboxylic acids is 1. The lowest BCUT2D eigenvalue weighted by Gasteiger charge is -2.27. The highest BCUT2D eigenvalue weighted by Gasteiger charge is 2.30. The Labute approximate surface area is 160 Å². The van der Waals surface area contributed by atoms with Gasteiger partial charge in [-0.15, -0.1) is 0 Å². The largest absolute Gasteiger partial charge is 0.508 e. The molecule has 144 valence electrons. The van der Waals surface area contributed by atoms with Crippen LogP contribution < -0.4 is 16.2 Å². The Kier molecular flexibility index (Phi) is 6.11. The first kappa shape index (κ1) is 19.4. The van der Waals surface area contributed by atoms with Crippen molar-refractivity contribution in [3.05, 3.63) is 65.2 Å². The molecule has 3 atom stereocenters. The van der Waals surface area contributed by atoms with E-state index in [0.717, 1.165) is 5.56 Å². The first-order valence-corrected chi connectivity index (χ1v) is 9.25. The number of likely N-dealkylation sites (N-methyl/N-ethyl adjacent to an activating group) is 1. The Morgan fingerprint density at radius 2 is 1.89 bits per heavy atom. The van der Waals surface area contributed by atoms with Gasteiger partial charge in [-0.05, 0) is 56.3 Å². The molecule has 2 aromatic rings. The van der Waals surface area contributed by atoms with Gasteiger partial charge >= 0.3 is 0 Å². The van der Waals surface area contributed by atoms with E-state index >= 15 is 0 Å². The minimum absolute atomic E-state index is 0.00999. The summed E-state index contributed by atoms with van der Waals surface area (Å²) in [4.78, 5) is 14.8. The van der Waals surface area contributed by atoms with Gasteiger partial charge < -0.3 is 15.3 Å². The van der Waals surface area contributed by atoms with Gasteiger partial charge in [0.1, 0.15) is 11.8 Å². The molecule has 0 bridgehead atoms. The van der Waals surface area contributed by atoms with Crippen molar-refractivity contribution >= 4 is 5.91 Å². The second-order valence-electron chi connectivity index (χ2n) is 7.30. The fraction of sp³-hybridized carbons (Fsp3) is 0.381. The van der Waals surface area contributed by atoms with Gasteiger partial charge in [-0.3, -0.25) is 4.79 Å². The second-order valence-corrected chi connectivity index (χ2v) is 7.30. The molecule has 6 heteroatoms. The van der Waals surface area contributed by atoms with Gasteiger partial charge in [0.05, 0.1) is 6.04 Å². The normalized spacial score (nSPS) is 20.6. The third-order valence-electron chi connectivity index (χ3n) is 5.16. The summed E-state index contributed by atoms with van der Waals surface area (Å²) in [7, 11) is 4.05. The van der Waals surface area contributed by atoms with E-state index < -0.39 is 0 Å². The van der Waals surface area contributed by atoms with Crippen LogP contribution in [-0.4, -0.2) is 42.6 Å². The standard InChI is InChI=1S/C21H28N4O2/c1-14-6-4-5-7-17(14)20(25(2)3)13-22-21(27)19-12-18(23-24-19)15-8-10-16(26)11-9-15/h4-11,18-20,23-24,26H,12-13H2,1-3H3,(H,22,27). The predicted molar refractivity (Wildman–Crippen MR) is 106 cm³/mol. The average molecular weight is 368 g/mol. The zero-order valence-corrected chi connectivity index (χ0v) is 16.1. The van der Waals surface area contributed by atoms with E-state index in [1.807, 2.05) is 38.4 Å². The molecule has 6 nitrogen and oxygen atoms in total. The van der Waals surface area contributed by atoms with Crippen molar-refractivity contribution in [1.82, 2.24) is 21.1 Å². The minimum Gasteiger partial charge on any atom is -0.508 e. The molecule has 0 radical (unpaired) electrons. The SMILES string of the molecule is Cc1ccccc1C(CNC(=O)C1CC(c2ccc(O)cc2)NN1)N(C)C. The number of nitrogens with one attached hydrogen (secondary N) is 3. The van der Waals surface area contributed by atoms with Gasteiger partial charge in [0.15, 0.2) is 0 Å². The fourth-order valence-corrected chi connectivity index (χ4v) is 3.51. The number of rotatable bonds is 6. The molecule has 2 aromatic carbocycles. The summed E-state index contributed by atoms with van der Waals surface area (Å²) in [5, 5.41) is 12.5. The summed E-state index contributed by atoms with van der Waals surface area (Å²) in [6.45, 7) is 2.65. The maximum Gasteiger partial charge on any atom is 0.238 e. The smallest absolute Gasteiger partial charge is 0.238 e. The van der Waals surface area contributed by atoms with Crippen LogP contribution in [0.1, 0.15) is 35.2 Å². The van der Waals surface area contributed by atoms with Crippen LogP contribution in [0.2, 0.25) is 0 Å². The number of hydrazine groups is 1. The molecule has 0 saturated carbocycles. The highest BCUT2D eigenvalue weighted by molar-refractivity contribution is 5.82. The third kappa shape index (κ3) is 4.66. The van der Waals surface area contributed by atoms with E-state index in [-0.39, 0.29) is 29.8 Å². The van der Waals surface area contributed by atoms with Crippen molar-refractivity contribution in [2.45, 2.75) is 31.5 Å². The Morgan fingerprint density at radius 1 is 1.19 bits per heavy atom. The molecular formula is C21H28N4O2. The maximum absolute atomic E-state index is 12.6. The zero-order chi connectivity index (χ0) is 19.4. The summed E-state index contributed by atoms with van der Waals surface area (Å²) >= 11 is 0. The number of carbonyl (C=O) groups is 1. The number of phenols is 1. The van der Waals surface area contributed by atoms with E-state index in [4.69, 9.17) is 0 Å². The maximum atomic E-state index is 12.6. The summed E-state index contributed by atoms with van der Waals surface area (Å²) in [5.41, 5.74) is 9.75. The van der Waals surface area contributed by atoms with E-state index in [1.54, 1.807) is 12.1 Å². The number of amides is 1. The zero-order valence-electron chi connectivity index (χ0n) is 16.1. The molecule has 1 aliphatic rings. The number of phenolic OH excluding ortho intramolecular Hbond substituents is 1. The first-order valence-electron chi connectivity index (χ1n) is 9.25. The van der Waals surface area contributed by atoms with Crippen LogP contribution >= 0.6 is 0 Å². The summed E-state index contributed by atoms with van der Waals surface area (Å²) in [6, 6.07) is 15.2. The van der Waals surface area contributed by atoms with Crippen molar-refractivity contribution in [2.75, 3.05) is 20.6 Å². The van der Waals surface area contributed by atoms with Crippen molar-refractivity contribution < 1.29 is 9.90 Å². The Bertz CT molecular complexity index is 776. The molecule has 3 rings (SSSR count). The van der Waals surface area contributed by atoms with E-state index in [2.05, 4.69) is 40.1 Å². The number of nitrogens with zero attached hydrogens (tertiary/aromatic N) is 1.